The van der Waals surface area contributed by atoms with Crippen LogP contribution in [-0.2, 0) is 14.9 Å². The summed E-state index contributed by atoms with van der Waals surface area (Å²) in [5, 5.41) is -4.79. The summed E-state index contributed by atoms with van der Waals surface area (Å²) in [6, 6.07) is 9.96. The second-order valence-corrected chi connectivity index (χ2v) is 16.4. The fourth-order valence-corrected chi connectivity index (χ4v) is 10.7. The van der Waals surface area contributed by atoms with Gasteiger partial charge in [0.2, 0.25) is 0 Å². The van der Waals surface area contributed by atoms with Crippen LogP contribution in [0.4, 0.5) is 8.78 Å². The third-order valence-electron chi connectivity index (χ3n) is 4.70. The van der Waals surface area contributed by atoms with Crippen molar-refractivity contribution in [3.8, 4) is 11.5 Å². The number of carbonyl (C=O) groups is 3. The molecule has 3 aromatic carbocycles. The second-order valence-electron chi connectivity index (χ2n) is 7.66. The van der Waals surface area contributed by atoms with Crippen LogP contribution in [0.15, 0.2) is 42.5 Å². The topological polar surface area (TPSA) is 133 Å². The maximum Gasteiger partial charge on any atom is 0.402 e. The highest BCUT2D eigenvalue weighted by atomic mass is 127. The summed E-state index contributed by atoms with van der Waals surface area (Å²) in [4.78, 5) is 38.9. The van der Waals surface area contributed by atoms with Crippen LogP contribution in [0.25, 0.3) is 0 Å². The van der Waals surface area contributed by atoms with Crippen molar-refractivity contribution in [3.63, 3.8) is 0 Å². The van der Waals surface area contributed by atoms with E-state index in [1.54, 1.807) is 24.3 Å². The van der Waals surface area contributed by atoms with Gasteiger partial charge in [-0.1, -0.05) is 0 Å². The molecule has 218 valence electrons. The fourth-order valence-electron chi connectivity index (χ4n) is 2.84. The Morgan fingerprint density at radius 2 is 0.976 bits per heavy atom. The van der Waals surface area contributed by atoms with Crippen molar-refractivity contribution in [2.24, 2.45) is 0 Å². The third kappa shape index (κ3) is 9.36. The molecule has 0 aliphatic heterocycles. The van der Waals surface area contributed by atoms with E-state index in [1.807, 2.05) is 90.4 Å². The SMILES string of the molecule is O=C(OCC(F)(F)S(=O)(=O)O)c1cc(C(=O)Oc2c(I)cc(I)cc2I)cc(C(=O)Oc2c(I)cc(I)cc2I)c1. The maximum atomic E-state index is 13.6. The summed E-state index contributed by atoms with van der Waals surface area (Å²) in [5.41, 5.74) is -1.22. The number of esters is 3. The van der Waals surface area contributed by atoms with Gasteiger partial charge in [-0.05, 0) is 178 Å². The van der Waals surface area contributed by atoms with E-state index in [9.17, 15) is 31.6 Å². The molecule has 0 unspecified atom stereocenters. The summed E-state index contributed by atoms with van der Waals surface area (Å²) in [6.07, 6.45) is 0. The van der Waals surface area contributed by atoms with Crippen molar-refractivity contribution in [2.75, 3.05) is 6.61 Å². The lowest BCUT2D eigenvalue weighted by Gasteiger charge is -2.14. The van der Waals surface area contributed by atoms with Crippen LogP contribution in [-0.4, -0.2) is 42.7 Å². The zero-order valence-electron chi connectivity index (χ0n) is 19.4. The molecule has 0 spiro atoms. The first kappa shape index (κ1) is 35.7. The highest BCUT2D eigenvalue weighted by Gasteiger charge is 2.45. The number of ether oxygens (including phenoxy) is 3. The number of hydrogen-bond donors (Lipinski definition) is 1. The Kier molecular flexibility index (Phi) is 12.7. The van der Waals surface area contributed by atoms with Crippen LogP contribution >= 0.6 is 136 Å². The molecule has 1 N–H and O–H groups in total. The van der Waals surface area contributed by atoms with Gasteiger partial charge in [-0.2, -0.15) is 17.2 Å². The minimum atomic E-state index is -5.88. The summed E-state index contributed by atoms with van der Waals surface area (Å²) in [6.45, 7) is -2.02. The number of benzene rings is 3. The maximum absolute atomic E-state index is 13.6. The van der Waals surface area contributed by atoms with E-state index >= 15 is 0 Å². The Labute approximate surface area is 313 Å². The number of rotatable bonds is 8. The van der Waals surface area contributed by atoms with Crippen molar-refractivity contribution < 1.29 is 50.3 Å². The first-order valence-electron chi connectivity index (χ1n) is 10.3. The lowest BCUT2D eigenvalue weighted by Crippen LogP contribution is -2.34. The molecule has 0 heterocycles. The van der Waals surface area contributed by atoms with E-state index in [-0.39, 0.29) is 22.6 Å². The second kappa shape index (κ2) is 14.5. The van der Waals surface area contributed by atoms with Gasteiger partial charge in [-0.3, -0.25) is 4.55 Å². The Morgan fingerprint density at radius 1 is 0.659 bits per heavy atom. The van der Waals surface area contributed by atoms with Crippen molar-refractivity contribution in [1.29, 1.82) is 0 Å². The zero-order valence-corrected chi connectivity index (χ0v) is 33.2. The van der Waals surface area contributed by atoms with Crippen LogP contribution in [0.5, 0.6) is 11.5 Å². The lowest BCUT2D eigenvalue weighted by molar-refractivity contribution is -0.00951. The molecule has 0 amide bonds. The monoisotopic (exact) mass is 1260 g/mol. The lowest BCUT2D eigenvalue weighted by atomic mass is 10.1. The van der Waals surface area contributed by atoms with Gasteiger partial charge in [-0.15, -0.1) is 0 Å². The molecule has 0 aliphatic carbocycles. The minimum Gasteiger partial charge on any atom is -0.454 e. The van der Waals surface area contributed by atoms with E-state index in [1.165, 1.54) is 0 Å². The number of carbonyl (C=O) groups excluding carboxylic acids is 3. The average Bonchev–Trinajstić information content (AvgIpc) is 2.85. The van der Waals surface area contributed by atoms with Crippen LogP contribution in [0.3, 0.4) is 0 Å². The molecule has 0 fully saturated rings. The van der Waals surface area contributed by atoms with E-state index < -0.39 is 45.5 Å². The van der Waals surface area contributed by atoms with E-state index in [2.05, 4.69) is 49.9 Å². The van der Waals surface area contributed by atoms with Crippen LogP contribution in [0.1, 0.15) is 31.1 Å². The molecule has 0 saturated carbocycles. The molecule has 3 aromatic rings. The molecule has 0 aliphatic rings. The van der Waals surface area contributed by atoms with Gasteiger partial charge >= 0.3 is 33.3 Å². The third-order valence-corrected chi connectivity index (χ3v) is 10.0. The molecule has 9 nitrogen and oxygen atoms in total. The Bertz CT molecular complexity index is 1550. The van der Waals surface area contributed by atoms with E-state index in [0.717, 1.165) is 25.3 Å². The molecular weight excluding hydrogens is 1250 g/mol. The molecular formula is C23H10F2I6O9S. The molecule has 0 aromatic heterocycles. The van der Waals surface area contributed by atoms with E-state index in [4.69, 9.17) is 14.0 Å². The van der Waals surface area contributed by atoms with Crippen LogP contribution < -0.4 is 9.47 Å². The molecule has 3 rings (SSSR count). The molecule has 0 saturated heterocycles. The summed E-state index contributed by atoms with van der Waals surface area (Å²) in [7, 11) is -5.88. The van der Waals surface area contributed by atoms with Gasteiger partial charge in [0.15, 0.2) is 18.1 Å². The predicted molar refractivity (Wildman–Crippen MR) is 192 cm³/mol. The molecule has 0 radical (unpaired) electrons. The molecule has 0 atom stereocenters. The fraction of sp³-hybridized carbons (Fsp3) is 0.0870. The van der Waals surface area contributed by atoms with Gasteiger partial charge < -0.3 is 14.2 Å². The molecule has 18 heteroatoms. The Balaban J connectivity index is 2.02. The average molecular weight is 1260 g/mol. The standard InChI is InChI=1S/C23H10F2I6O9S/c24-23(25,41(35,36)37)8-38-20(32)9-1-10(21(33)39-18-14(28)4-12(26)5-15(18)29)3-11(2-9)22(34)40-19-16(30)6-13(27)7-17(19)31/h1-7H,8H2,(H,35,36,37). The van der Waals surface area contributed by atoms with Crippen LogP contribution in [0, 0.1) is 21.4 Å². The van der Waals surface area contributed by atoms with Gasteiger partial charge in [0.05, 0.1) is 31.0 Å². The van der Waals surface area contributed by atoms with Crippen molar-refractivity contribution in [3.05, 3.63) is 80.6 Å². The summed E-state index contributed by atoms with van der Waals surface area (Å²) >= 11 is 12.0. The predicted octanol–water partition coefficient (Wildman–Crippen LogP) is 7.39. The number of hydrogen-bond acceptors (Lipinski definition) is 8. The van der Waals surface area contributed by atoms with Gasteiger partial charge in [0, 0.05) is 7.14 Å². The van der Waals surface area contributed by atoms with Crippen molar-refractivity contribution >= 4 is 164 Å². The quantitative estimate of drug-likeness (QED) is 0.106. The molecule has 0 bridgehead atoms. The Morgan fingerprint density at radius 3 is 1.29 bits per heavy atom. The zero-order chi connectivity index (χ0) is 30.9. The number of alkyl halides is 2. The summed E-state index contributed by atoms with van der Waals surface area (Å²) in [5.74, 6) is -3.07. The smallest absolute Gasteiger partial charge is 0.402 e. The first-order chi connectivity index (χ1) is 18.9. The first-order valence-corrected chi connectivity index (χ1v) is 18.2. The van der Waals surface area contributed by atoms with E-state index in [0.29, 0.717) is 14.3 Å². The van der Waals surface area contributed by atoms with Crippen molar-refractivity contribution in [1.82, 2.24) is 0 Å². The van der Waals surface area contributed by atoms with Crippen molar-refractivity contribution in [2.45, 2.75) is 5.25 Å². The Hall–Kier alpha value is 0.220. The molecule has 41 heavy (non-hydrogen) atoms. The normalized spacial score (nSPS) is 11.6. The summed E-state index contributed by atoms with van der Waals surface area (Å²) < 4.78 is 77.3. The van der Waals surface area contributed by atoms with Gasteiger partial charge in [0.1, 0.15) is 0 Å². The van der Waals surface area contributed by atoms with Crippen LogP contribution in [0.2, 0.25) is 0 Å². The highest BCUT2D eigenvalue weighted by Crippen LogP contribution is 2.32. The van der Waals surface area contributed by atoms with Gasteiger partial charge in [-0.25, -0.2) is 14.4 Å². The largest absolute Gasteiger partial charge is 0.454 e. The van der Waals surface area contributed by atoms with Gasteiger partial charge in [0.25, 0.3) is 0 Å². The minimum absolute atomic E-state index is 0.213. The highest BCUT2D eigenvalue weighted by molar-refractivity contribution is 14.1. The number of halogens is 8.